The summed E-state index contributed by atoms with van der Waals surface area (Å²) in [5.74, 6) is -0.338. The summed E-state index contributed by atoms with van der Waals surface area (Å²) in [6.07, 6.45) is 0. The Balaban J connectivity index is 2.75. The summed E-state index contributed by atoms with van der Waals surface area (Å²) >= 11 is 0.827. The van der Waals surface area contributed by atoms with Crippen LogP contribution >= 0.6 is 11.3 Å². The number of rotatable bonds is 4. The van der Waals surface area contributed by atoms with Crippen LogP contribution in [0.25, 0.3) is 5.69 Å². The van der Waals surface area contributed by atoms with Crippen LogP contribution in [-0.2, 0) is 0 Å². The van der Waals surface area contributed by atoms with Crippen molar-refractivity contribution in [3.63, 3.8) is 0 Å². The number of para-hydroxylation sites is 2. The van der Waals surface area contributed by atoms with Crippen molar-refractivity contribution in [2.24, 2.45) is 10.4 Å². The number of nitro benzene ring substituents is 1. The Bertz CT molecular complexity index is 763. The second kappa shape index (κ2) is 5.48. The third-order valence-electron chi connectivity index (χ3n) is 2.29. The molecule has 9 nitrogen and oxygen atoms in total. The van der Waals surface area contributed by atoms with Crippen molar-refractivity contribution in [1.29, 1.82) is 0 Å². The second-order valence-electron chi connectivity index (χ2n) is 3.59. The van der Waals surface area contributed by atoms with Crippen LogP contribution in [0.2, 0.25) is 0 Å². The summed E-state index contributed by atoms with van der Waals surface area (Å²) in [6, 6.07) is 5.79. The number of carbonyl (C=O) groups is 1. The van der Waals surface area contributed by atoms with Crippen molar-refractivity contribution >= 4 is 22.8 Å². The molecule has 0 bridgehead atoms. The molecule has 0 aliphatic heterocycles. The Morgan fingerprint density at radius 2 is 2.15 bits per heavy atom. The van der Waals surface area contributed by atoms with Gasteiger partial charge in [0.2, 0.25) is 4.80 Å². The second-order valence-corrected chi connectivity index (χ2v) is 4.54. The quantitative estimate of drug-likeness (QED) is 0.367. The molecule has 2 aromatic rings. The van der Waals surface area contributed by atoms with Crippen molar-refractivity contribution in [1.82, 2.24) is 9.78 Å². The lowest BCUT2D eigenvalue weighted by molar-refractivity contribution is -0.384. The number of nitro groups is 1. The molecule has 1 aromatic heterocycles. The molecule has 102 valence electrons. The van der Waals surface area contributed by atoms with Gasteiger partial charge in [-0.05, 0) is 6.07 Å². The van der Waals surface area contributed by atoms with E-state index in [1.54, 1.807) is 6.07 Å². The largest absolute Gasteiger partial charge is 0.294 e. The zero-order chi connectivity index (χ0) is 14.7. The van der Waals surface area contributed by atoms with Gasteiger partial charge in [0, 0.05) is 13.0 Å². The molecule has 20 heavy (non-hydrogen) atoms. The summed E-state index contributed by atoms with van der Waals surface area (Å²) in [6.45, 7) is 1.29. The third kappa shape index (κ3) is 2.49. The molecule has 2 rings (SSSR count). The van der Waals surface area contributed by atoms with Crippen molar-refractivity contribution in [2.45, 2.75) is 6.92 Å². The number of nitrogens with zero attached hydrogens (tertiary/aromatic N) is 5. The van der Waals surface area contributed by atoms with E-state index in [1.807, 2.05) is 0 Å². The molecule has 1 aromatic carbocycles. The van der Waals surface area contributed by atoms with Crippen LogP contribution in [0.5, 0.6) is 0 Å². The molecule has 0 atom stereocenters. The first-order valence-corrected chi connectivity index (χ1v) is 6.07. The molecule has 0 unspecified atom stereocenters. The Morgan fingerprint density at radius 3 is 2.75 bits per heavy atom. The van der Waals surface area contributed by atoms with Crippen molar-refractivity contribution < 1.29 is 9.72 Å². The molecule has 0 radical (unpaired) electrons. The summed E-state index contributed by atoms with van der Waals surface area (Å²) in [7, 11) is 0. The van der Waals surface area contributed by atoms with Gasteiger partial charge in [-0.3, -0.25) is 14.9 Å². The zero-order valence-corrected chi connectivity index (χ0v) is 10.9. The van der Waals surface area contributed by atoms with Crippen molar-refractivity contribution in [3.05, 3.63) is 49.1 Å². The molecule has 0 amide bonds. The molecule has 0 fully saturated rings. The monoisotopic (exact) mass is 293 g/mol. The summed E-state index contributed by atoms with van der Waals surface area (Å²) in [5.41, 5.74) is -0.121. The highest BCUT2D eigenvalue weighted by atomic mass is 32.1. The number of benzene rings is 1. The fourth-order valence-corrected chi connectivity index (χ4v) is 2.22. The minimum absolute atomic E-state index is 0.0144. The molecule has 1 heterocycles. The number of Topliss-reactive ketones (excluding diaryl/α,β-unsaturated/α-hetero) is 1. The number of ketones is 1. The van der Waals surface area contributed by atoms with Crippen LogP contribution < -0.4 is 4.80 Å². The molecule has 0 aliphatic carbocycles. The van der Waals surface area contributed by atoms with Gasteiger partial charge in [-0.1, -0.05) is 28.6 Å². The van der Waals surface area contributed by atoms with Crippen LogP contribution in [0, 0.1) is 15.0 Å². The third-order valence-corrected chi connectivity index (χ3v) is 3.29. The standard InChI is InChI=1S/C10H7N5O4S/c1-6(16)9-12-14(10(20-9)11-13-17)7-4-2-3-5-8(7)15(18)19/h2-5H,1H3/b11-10-. The van der Waals surface area contributed by atoms with E-state index >= 15 is 0 Å². The Kier molecular flexibility index (Phi) is 3.75. The number of nitroso groups, excluding NO2 is 1. The van der Waals surface area contributed by atoms with Crippen LogP contribution in [-0.4, -0.2) is 20.5 Å². The van der Waals surface area contributed by atoms with Gasteiger partial charge in [-0.25, -0.2) is 0 Å². The lowest BCUT2D eigenvalue weighted by Crippen LogP contribution is -2.15. The molecule has 0 saturated heterocycles. The van der Waals surface area contributed by atoms with Crippen LogP contribution in [0.4, 0.5) is 5.69 Å². The average molecular weight is 293 g/mol. The first kappa shape index (κ1) is 13.7. The summed E-state index contributed by atoms with van der Waals surface area (Å²) < 4.78 is 1.06. The minimum atomic E-state index is -0.590. The van der Waals surface area contributed by atoms with E-state index in [9.17, 15) is 19.8 Å². The Hall–Kier alpha value is -2.75. The number of hydrogen-bond donors (Lipinski definition) is 0. The lowest BCUT2D eigenvalue weighted by Gasteiger charge is -2.01. The fraction of sp³-hybridized carbons (Fsp3) is 0.100. The normalized spacial score (nSPS) is 11.3. The van der Waals surface area contributed by atoms with E-state index in [4.69, 9.17) is 0 Å². The van der Waals surface area contributed by atoms with E-state index in [1.165, 1.54) is 25.1 Å². The first-order valence-electron chi connectivity index (χ1n) is 5.26. The number of carbonyl (C=O) groups excluding carboxylic acids is 1. The van der Waals surface area contributed by atoms with E-state index in [-0.39, 0.29) is 27.0 Å². The number of hydrogen-bond acceptors (Lipinski definition) is 7. The predicted octanol–water partition coefficient (Wildman–Crippen LogP) is 1.63. The van der Waals surface area contributed by atoms with Gasteiger partial charge in [-0.2, -0.15) is 9.78 Å². The van der Waals surface area contributed by atoms with Crippen LogP contribution in [0.15, 0.2) is 34.7 Å². The summed E-state index contributed by atoms with van der Waals surface area (Å²) in [5, 5.41) is 20.7. The fourth-order valence-electron chi connectivity index (χ4n) is 1.48. The zero-order valence-electron chi connectivity index (χ0n) is 10.1. The maximum atomic E-state index is 11.3. The van der Waals surface area contributed by atoms with Crippen molar-refractivity contribution in [2.75, 3.05) is 0 Å². The van der Waals surface area contributed by atoms with Gasteiger partial charge in [-0.15, -0.1) is 4.91 Å². The molecule has 0 aliphatic rings. The SMILES string of the molecule is CC(=O)c1nn(-c2ccccc2[N+](=O)[O-])/c(=N/N=O)s1. The highest BCUT2D eigenvalue weighted by Crippen LogP contribution is 2.21. The molecular weight excluding hydrogens is 286 g/mol. The lowest BCUT2D eigenvalue weighted by atomic mass is 10.3. The van der Waals surface area contributed by atoms with E-state index in [0.29, 0.717) is 0 Å². The van der Waals surface area contributed by atoms with Gasteiger partial charge in [0.15, 0.2) is 10.8 Å². The van der Waals surface area contributed by atoms with Gasteiger partial charge in [0.1, 0.15) is 5.69 Å². The smallest absolute Gasteiger partial charge is 0.292 e. The van der Waals surface area contributed by atoms with Gasteiger partial charge in [0.05, 0.1) is 10.2 Å². The maximum absolute atomic E-state index is 11.3. The van der Waals surface area contributed by atoms with Gasteiger partial charge < -0.3 is 0 Å². The van der Waals surface area contributed by atoms with Gasteiger partial charge in [0.25, 0.3) is 5.69 Å². The Labute approximate surface area is 115 Å². The minimum Gasteiger partial charge on any atom is -0.292 e. The average Bonchev–Trinajstić information content (AvgIpc) is 2.83. The van der Waals surface area contributed by atoms with E-state index in [0.717, 1.165) is 16.0 Å². The molecule has 0 spiro atoms. The molecular formula is C10H7N5O4S. The van der Waals surface area contributed by atoms with E-state index < -0.39 is 4.92 Å². The molecule has 0 N–H and O–H groups in total. The highest BCUT2D eigenvalue weighted by Gasteiger charge is 2.18. The number of aromatic nitrogens is 2. The van der Waals surface area contributed by atoms with Crippen LogP contribution in [0.1, 0.15) is 16.7 Å². The van der Waals surface area contributed by atoms with Crippen molar-refractivity contribution in [3.8, 4) is 5.69 Å². The highest BCUT2D eigenvalue weighted by molar-refractivity contribution is 7.10. The van der Waals surface area contributed by atoms with Gasteiger partial charge >= 0.3 is 0 Å². The predicted molar refractivity (Wildman–Crippen MR) is 69.5 cm³/mol. The van der Waals surface area contributed by atoms with E-state index in [2.05, 4.69) is 15.5 Å². The molecule has 10 heteroatoms. The maximum Gasteiger partial charge on any atom is 0.294 e. The summed E-state index contributed by atoms with van der Waals surface area (Å²) in [4.78, 5) is 32.0. The Morgan fingerprint density at radius 1 is 1.45 bits per heavy atom. The first-order chi connectivity index (χ1) is 9.54. The topological polar surface area (TPSA) is 120 Å². The molecule has 0 saturated carbocycles. The van der Waals surface area contributed by atoms with Crippen LogP contribution in [0.3, 0.4) is 0 Å².